The standard InChI is InChI=1S/C16H9ClN4O2/c17-11-2-1-3-12(6-11)20-16-10(8-18)9-19-15-5-4-13(21(22)23)7-14(15)16/h1-7,9H,(H,19,20). The van der Waals surface area contributed by atoms with Crippen LogP contribution < -0.4 is 5.32 Å². The van der Waals surface area contributed by atoms with Crippen molar-refractivity contribution in [1.82, 2.24) is 4.98 Å². The number of nitrogens with one attached hydrogen (secondary N) is 1. The fourth-order valence-electron chi connectivity index (χ4n) is 2.22. The molecule has 6 nitrogen and oxygen atoms in total. The Balaban J connectivity index is 2.21. The molecule has 0 aliphatic rings. The van der Waals surface area contributed by atoms with Gasteiger partial charge in [-0.15, -0.1) is 0 Å². The van der Waals surface area contributed by atoms with Crippen LogP contribution in [0.4, 0.5) is 17.1 Å². The smallest absolute Gasteiger partial charge is 0.270 e. The number of halogens is 1. The van der Waals surface area contributed by atoms with E-state index in [-0.39, 0.29) is 11.3 Å². The number of nitro groups is 1. The number of non-ortho nitro benzene ring substituents is 1. The number of nitrogens with zero attached hydrogens (tertiary/aromatic N) is 3. The third kappa shape index (κ3) is 2.91. The molecule has 1 N–H and O–H groups in total. The summed E-state index contributed by atoms with van der Waals surface area (Å²) in [6.07, 6.45) is 1.43. The van der Waals surface area contributed by atoms with Crippen LogP contribution in [0.1, 0.15) is 5.56 Å². The van der Waals surface area contributed by atoms with Crippen molar-refractivity contribution in [3.63, 3.8) is 0 Å². The van der Waals surface area contributed by atoms with Gasteiger partial charge < -0.3 is 5.32 Å². The van der Waals surface area contributed by atoms with Gasteiger partial charge in [-0.25, -0.2) is 0 Å². The van der Waals surface area contributed by atoms with Gasteiger partial charge in [-0.3, -0.25) is 15.1 Å². The Morgan fingerprint density at radius 3 is 2.78 bits per heavy atom. The van der Waals surface area contributed by atoms with Gasteiger partial charge in [-0.05, 0) is 24.3 Å². The average molecular weight is 325 g/mol. The molecule has 0 radical (unpaired) electrons. The quantitative estimate of drug-likeness (QED) is 0.569. The monoisotopic (exact) mass is 324 g/mol. The van der Waals surface area contributed by atoms with Gasteiger partial charge in [-0.1, -0.05) is 17.7 Å². The number of pyridine rings is 1. The van der Waals surface area contributed by atoms with E-state index in [1.165, 1.54) is 18.3 Å². The predicted molar refractivity (Wildman–Crippen MR) is 87.8 cm³/mol. The van der Waals surface area contributed by atoms with Crippen LogP contribution in [0.5, 0.6) is 0 Å². The summed E-state index contributed by atoms with van der Waals surface area (Å²) in [7, 11) is 0. The molecule has 23 heavy (non-hydrogen) atoms. The Bertz CT molecular complexity index is 966. The van der Waals surface area contributed by atoms with E-state index in [2.05, 4.69) is 10.3 Å². The molecule has 0 amide bonds. The molecule has 2 aromatic carbocycles. The minimum absolute atomic E-state index is 0.0662. The summed E-state index contributed by atoms with van der Waals surface area (Å²) in [5, 5.41) is 24.4. The number of hydrogen-bond acceptors (Lipinski definition) is 5. The molecule has 0 bridgehead atoms. The molecule has 3 aromatic rings. The Kier molecular flexibility index (Phi) is 3.79. The van der Waals surface area contributed by atoms with Crippen LogP contribution in [0.3, 0.4) is 0 Å². The van der Waals surface area contributed by atoms with Gasteiger partial charge in [0.05, 0.1) is 21.7 Å². The number of fused-ring (bicyclic) bond motifs is 1. The molecule has 0 atom stereocenters. The Morgan fingerprint density at radius 2 is 2.09 bits per heavy atom. The third-order valence-corrected chi connectivity index (χ3v) is 3.51. The number of aromatic nitrogens is 1. The van der Waals surface area contributed by atoms with Gasteiger partial charge in [0.1, 0.15) is 6.07 Å². The van der Waals surface area contributed by atoms with Crippen LogP contribution in [-0.4, -0.2) is 9.91 Å². The summed E-state index contributed by atoms with van der Waals surface area (Å²) >= 11 is 5.96. The van der Waals surface area contributed by atoms with E-state index in [1.54, 1.807) is 30.3 Å². The van der Waals surface area contributed by atoms with Crippen molar-refractivity contribution in [2.24, 2.45) is 0 Å². The molecule has 0 saturated heterocycles. The first-order valence-electron chi connectivity index (χ1n) is 6.58. The number of hydrogen-bond donors (Lipinski definition) is 1. The van der Waals surface area contributed by atoms with Crippen LogP contribution in [0.15, 0.2) is 48.7 Å². The molecule has 0 aliphatic heterocycles. The zero-order chi connectivity index (χ0) is 16.4. The number of nitriles is 1. The Morgan fingerprint density at radius 1 is 1.26 bits per heavy atom. The normalized spacial score (nSPS) is 10.3. The second-order valence-corrected chi connectivity index (χ2v) is 5.19. The van der Waals surface area contributed by atoms with Gasteiger partial charge in [0.2, 0.25) is 0 Å². The molecule has 1 heterocycles. The third-order valence-electron chi connectivity index (χ3n) is 3.28. The van der Waals surface area contributed by atoms with Gasteiger partial charge in [0, 0.05) is 34.4 Å². The molecule has 1 aromatic heterocycles. The molecular formula is C16H9ClN4O2. The van der Waals surface area contributed by atoms with Gasteiger partial charge in [-0.2, -0.15) is 5.26 Å². The lowest BCUT2D eigenvalue weighted by Crippen LogP contribution is -1.97. The highest BCUT2D eigenvalue weighted by molar-refractivity contribution is 6.30. The largest absolute Gasteiger partial charge is 0.354 e. The van der Waals surface area contributed by atoms with E-state index < -0.39 is 4.92 Å². The number of anilines is 2. The summed E-state index contributed by atoms with van der Waals surface area (Å²) in [6, 6.07) is 13.4. The van der Waals surface area contributed by atoms with E-state index in [9.17, 15) is 15.4 Å². The van der Waals surface area contributed by atoms with Crippen molar-refractivity contribution < 1.29 is 4.92 Å². The minimum Gasteiger partial charge on any atom is -0.354 e. The summed E-state index contributed by atoms with van der Waals surface area (Å²) in [4.78, 5) is 14.7. The molecule has 0 fully saturated rings. The second kappa shape index (κ2) is 5.91. The Labute approximate surface area is 136 Å². The molecule has 112 valence electrons. The molecule has 7 heteroatoms. The lowest BCUT2D eigenvalue weighted by atomic mass is 10.1. The highest BCUT2D eigenvalue weighted by Crippen LogP contribution is 2.31. The van der Waals surface area contributed by atoms with Crippen LogP contribution in [0.25, 0.3) is 10.9 Å². The first-order valence-corrected chi connectivity index (χ1v) is 6.96. The Hall–Kier alpha value is -3.17. The van der Waals surface area contributed by atoms with Crippen LogP contribution >= 0.6 is 11.6 Å². The molecule has 0 spiro atoms. The maximum absolute atomic E-state index is 11.0. The number of nitro benzene ring substituents is 1. The zero-order valence-electron chi connectivity index (χ0n) is 11.7. The molecule has 0 aliphatic carbocycles. The van der Waals surface area contributed by atoms with E-state index >= 15 is 0 Å². The summed E-state index contributed by atoms with van der Waals surface area (Å²) in [5.41, 5.74) is 1.91. The SMILES string of the molecule is N#Cc1cnc2ccc([N+](=O)[O-])cc2c1Nc1cccc(Cl)c1. The predicted octanol–water partition coefficient (Wildman–Crippen LogP) is 4.41. The molecule has 0 saturated carbocycles. The number of benzene rings is 2. The van der Waals surface area contributed by atoms with Crippen LogP contribution in [0.2, 0.25) is 5.02 Å². The first-order chi connectivity index (χ1) is 11.1. The van der Waals surface area contributed by atoms with Gasteiger partial charge in [0.25, 0.3) is 5.69 Å². The highest BCUT2D eigenvalue weighted by atomic mass is 35.5. The fraction of sp³-hybridized carbons (Fsp3) is 0. The van der Waals surface area contributed by atoms with Crippen LogP contribution in [0, 0.1) is 21.4 Å². The minimum atomic E-state index is -0.484. The van der Waals surface area contributed by atoms with Crippen molar-refractivity contribution >= 4 is 39.6 Å². The second-order valence-electron chi connectivity index (χ2n) is 4.75. The molecular weight excluding hydrogens is 316 g/mol. The summed E-state index contributed by atoms with van der Waals surface area (Å²) < 4.78 is 0. The van der Waals surface area contributed by atoms with Crippen molar-refractivity contribution in [3.8, 4) is 6.07 Å². The van der Waals surface area contributed by atoms with Crippen molar-refractivity contribution in [1.29, 1.82) is 5.26 Å². The van der Waals surface area contributed by atoms with E-state index in [0.29, 0.717) is 27.3 Å². The maximum atomic E-state index is 11.0. The maximum Gasteiger partial charge on any atom is 0.270 e. The van der Waals surface area contributed by atoms with Crippen molar-refractivity contribution in [2.75, 3.05) is 5.32 Å². The van der Waals surface area contributed by atoms with Crippen LogP contribution in [-0.2, 0) is 0 Å². The van der Waals surface area contributed by atoms with Crippen molar-refractivity contribution in [3.05, 3.63) is 69.4 Å². The van der Waals surface area contributed by atoms with Gasteiger partial charge >= 0.3 is 0 Å². The number of rotatable bonds is 3. The fourth-order valence-corrected chi connectivity index (χ4v) is 2.41. The summed E-state index contributed by atoms with van der Waals surface area (Å²) in [5.74, 6) is 0. The zero-order valence-corrected chi connectivity index (χ0v) is 12.4. The lowest BCUT2D eigenvalue weighted by Gasteiger charge is -2.11. The van der Waals surface area contributed by atoms with E-state index in [1.807, 2.05) is 6.07 Å². The van der Waals surface area contributed by atoms with E-state index in [0.717, 1.165) is 0 Å². The highest BCUT2D eigenvalue weighted by Gasteiger charge is 2.13. The molecule has 3 rings (SSSR count). The van der Waals surface area contributed by atoms with E-state index in [4.69, 9.17) is 11.6 Å². The first kappa shape index (κ1) is 14.8. The van der Waals surface area contributed by atoms with Crippen molar-refractivity contribution in [2.45, 2.75) is 0 Å². The summed E-state index contributed by atoms with van der Waals surface area (Å²) in [6.45, 7) is 0. The lowest BCUT2D eigenvalue weighted by molar-refractivity contribution is -0.384. The molecule has 0 unspecified atom stereocenters. The van der Waals surface area contributed by atoms with Gasteiger partial charge in [0.15, 0.2) is 0 Å². The topological polar surface area (TPSA) is 91.8 Å². The average Bonchev–Trinajstić information content (AvgIpc) is 2.54.